The number of sulfone groups is 1. The molecule has 0 aliphatic heterocycles. The number of non-ortho nitro benzene ring substituents is 1. The van der Waals surface area contributed by atoms with Crippen LogP contribution < -0.4 is 0 Å². The molecule has 1 rings (SSSR count). The molecule has 0 aliphatic rings. The molecule has 0 unspecified atom stereocenters. The Morgan fingerprint density at radius 1 is 1.40 bits per heavy atom. The molecule has 82 valence electrons. The molecular formula is C8H8FNO4S. The fraction of sp³-hybridized carbons (Fsp3) is 0.250. The summed E-state index contributed by atoms with van der Waals surface area (Å²) in [7, 11) is -3.33. The van der Waals surface area contributed by atoms with E-state index in [2.05, 4.69) is 0 Å². The molecule has 0 amide bonds. The van der Waals surface area contributed by atoms with Crippen molar-refractivity contribution in [2.24, 2.45) is 0 Å². The van der Waals surface area contributed by atoms with Gasteiger partial charge in [0.05, 0.1) is 16.7 Å². The Balaban J connectivity index is 3.15. The number of nitro groups is 1. The summed E-state index contributed by atoms with van der Waals surface area (Å²) in [5, 5.41) is 10.4. The molecule has 1 aromatic carbocycles. The summed E-state index contributed by atoms with van der Waals surface area (Å²) in [6, 6.07) is 2.75. The van der Waals surface area contributed by atoms with Crippen molar-refractivity contribution in [2.45, 2.75) is 5.75 Å². The summed E-state index contributed by atoms with van der Waals surface area (Å²) >= 11 is 0. The van der Waals surface area contributed by atoms with Gasteiger partial charge in [0.2, 0.25) is 0 Å². The number of benzene rings is 1. The molecule has 0 fully saturated rings. The molecule has 15 heavy (non-hydrogen) atoms. The van der Waals surface area contributed by atoms with Gasteiger partial charge in [0, 0.05) is 12.3 Å². The second-order valence-electron chi connectivity index (χ2n) is 3.14. The maximum absolute atomic E-state index is 12.9. The number of nitro benzene ring substituents is 1. The van der Waals surface area contributed by atoms with Crippen molar-refractivity contribution in [3.63, 3.8) is 0 Å². The van der Waals surface area contributed by atoms with Gasteiger partial charge in [-0.25, -0.2) is 12.8 Å². The summed E-state index contributed by atoms with van der Waals surface area (Å²) in [5.41, 5.74) is -0.377. The van der Waals surface area contributed by atoms with Crippen molar-refractivity contribution in [1.82, 2.24) is 0 Å². The molecule has 0 radical (unpaired) electrons. The summed E-state index contributed by atoms with van der Waals surface area (Å²) in [4.78, 5) is 9.59. The average Bonchev–Trinajstić information content (AvgIpc) is 1.99. The number of hydrogen-bond donors (Lipinski definition) is 0. The second-order valence-corrected chi connectivity index (χ2v) is 5.29. The minimum absolute atomic E-state index is 0.0733. The molecule has 0 N–H and O–H groups in total. The first kappa shape index (κ1) is 11.6. The predicted molar refractivity (Wildman–Crippen MR) is 51.6 cm³/mol. The Labute approximate surface area is 85.6 Å². The average molecular weight is 233 g/mol. The van der Waals surface area contributed by atoms with E-state index in [0.29, 0.717) is 0 Å². The van der Waals surface area contributed by atoms with Gasteiger partial charge in [0.15, 0.2) is 9.84 Å². The van der Waals surface area contributed by atoms with E-state index in [9.17, 15) is 22.9 Å². The predicted octanol–water partition coefficient (Wildman–Crippen LogP) is 1.28. The maximum Gasteiger partial charge on any atom is 0.272 e. The summed E-state index contributed by atoms with van der Waals surface area (Å²) in [6.45, 7) is 0. The largest absolute Gasteiger partial charge is 0.272 e. The van der Waals surface area contributed by atoms with Gasteiger partial charge in [0.1, 0.15) is 5.82 Å². The zero-order chi connectivity index (χ0) is 11.6. The van der Waals surface area contributed by atoms with Crippen LogP contribution in [0.25, 0.3) is 0 Å². The Bertz CT molecular complexity index is 497. The van der Waals surface area contributed by atoms with Crippen LogP contribution >= 0.6 is 0 Å². The van der Waals surface area contributed by atoms with Crippen LogP contribution in [0.2, 0.25) is 0 Å². The molecule has 0 spiro atoms. The molecule has 0 saturated carbocycles. The number of rotatable bonds is 3. The Morgan fingerprint density at radius 3 is 2.47 bits per heavy atom. The number of nitrogens with zero attached hydrogens (tertiary/aromatic N) is 1. The van der Waals surface area contributed by atoms with E-state index < -0.39 is 32.0 Å². The monoisotopic (exact) mass is 233 g/mol. The highest BCUT2D eigenvalue weighted by Crippen LogP contribution is 2.17. The standard InChI is InChI=1S/C8H8FNO4S/c1-15(13,14)5-6-2-7(9)4-8(3-6)10(11)12/h2-4H,5H2,1H3. The minimum Gasteiger partial charge on any atom is -0.258 e. The highest BCUT2D eigenvalue weighted by atomic mass is 32.2. The lowest BCUT2D eigenvalue weighted by Gasteiger charge is -1.99. The normalized spacial score (nSPS) is 11.3. The Kier molecular flexibility index (Phi) is 3.04. The first-order valence-electron chi connectivity index (χ1n) is 3.89. The van der Waals surface area contributed by atoms with E-state index in [0.717, 1.165) is 24.5 Å². The maximum atomic E-state index is 12.9. The van der Waals surface area contributed by atoms with Crippen molar-refractivity contribution >= 4 is 15.5 Å². The summed E-state index contributed by atoms with van der Waals surface area (Å²) in [6.07, 6.45) is 0.976. The van der Waals surface area contributed by atoms with Crippen molar-refractivity contribution in [3.05, 3.63) is 39.7 Å². The van der Waals surface area contributed by atoms with Crippen LogP contribution in [-0.2, 0) is 15.6 Å². The van der Waals surface area contributed by atoms with Crippen molar-refractivity contribution < 1.29 is 17.7 Å². The first-order chi connectivity index (χ1) is 6.78. The van der Waals surface area contributed by atoms with Gasteiger partial charge in [-0.1, -0.05) is 0 Å². The lowest BCUT2D eigenvalue weighted by Crippen LogP contribution is -2.02. The van der Waals surface area contributed by atoms with Gasteiger partial charge in [-0.2, -0.15) is 0 Å². The molecule has 0 heterocycles. The van der Waals surface area contributed by atoms with Gasteiger partial charge >= 0.3 is 0 Å². The fourth-order valence-electron chi connectivity index (χ4n) is 1.12. The third-order valence-corrected chi connectivity index (χ3v) is 2.44. The molecule has 0 atom stereocenters. The van der Waals surface area contributed by atoms with Crippen LogP contribution in [0, 0.1) is 15.9 Å². The molecule has 5 nitrogen and oxygen atoms in total. The zero-order valence-electron chi connectivity index (χ0n) is 7.81. The lowest BCUT2D eigenvalue weighted by molar-refractivity contribution is -0.385. The van der Waals surface area contributed by atoms with E-state index >= 15 is 0 Å². The highest BCUT2D eigenvalue weighted by Gasteiger charge is 2.12. The highest BCUT2D eigenvalue weighted by molar-refractivity contribution is 7.89. The van der Waals surface area contributed by atoms with Gasteiger partial charge in [-0.05, 0) is 11.6 Å². The molecular weight excluding hydrogens is 225 g/mol. The van der Waals surface area contributed by atoms with Crippen molar-refractivity contribution in [2.75, 3.05) is 6.26 Å². The van der Waals surface area contributed by atoms with Gasteiger partial charge in [-0.3, -0.25) is 10.1 Å². The van der Waals surface area contributed by atoms with Gasteiger partial charge in [0.25, 0.3) is 5.69 Å². The van der Waals surface area contributed by atoms with Crippen LogP contribution in [0.1, 0.15) is 5.56 Å². The first-order valence-corrected chi connectivity index (χ1v) is 5.95. The Hall–Kier alpha value is -1.50. The minimum atomic E-state index is -3.33. The van der Waals surface area contributed by atoms with Crippen LogP contribution in [-0.4, -0.2) is 19.6 Å². The second kappa shape index (κ2) is 3.93. The lowest BCUT2D eigenvalue weighted by atomic mass is 10.2. The molecule has 0 bridgehead atoms. The van der Waals surface area contributed by atoms with E-state index in [1.165, 1.54) is 0 Å². The van der Waals surface area contributed by atoms with Crippen molar-refractivity contribution in [1.29, 1.82) is 0 Å². The van der Waals surface area contributed by atoms with E-state index in [-0.39, 0.29) is 5.56 Å². The fourth-order valence-corrected chi connectivity index (χ4v) is 1.90. The van der Waals surface area contributed by atoms with Crippen LogP contribution in [0.4, 0.5) is 10.1 Å². The molecule has 1 aromatic rings. The topological polar surface area (TPSA) is 77.3 Å². The smallest absolute Gasteiger partial charge is 0.258 e. The molecule has 0 aromatic heterocycles. The van der Waals surface area contributed by atoms with Gasteiger partial charge < -0.3 is 0 Å². The third-order valence-electron chi connectivity index (χ3n) is 1.58. The quantitative estimate of drug-likeness (QED) is 0.582. The van der Waals surface area contributed by atoms with E-state index in [1.54, 1.807) is 0 Å². The molecule has 7 heteroatoms. The van der Waals surface area contributed by atoms with E-state index in [4.69, 9.17) is 0 Å². The zero-order valence-corrected chi connectivity index (χ0v) is 8.62. The number of hydrogen-bond acceptors (Lipinski definition) is 4. The molecule has 0 aliphatic carbocycles. The van der Waals surface area contributed by atoms with Crippen molar-refractivity contribution in [3.8, 4) is 0 Å². The van der Waals surface area contributed by atoms with Crippen LogP contribution in [0.5, 0.6) is 0 Å². The SMILES string of the molecule is CS(=O)(=O)Cc1cc(F)cc([N+](=O)[O-])c1. The third kappa shape index (κ3) is 3.62. The Morgan fingerprint density at radius 2 is 2.00 bits per heavy atom. The molecule has 0 saturated heterocycles. The summed E-state index contributed by atoms with van der Waals surface area (Å²) in [5.74, 6) is -1.23. The van der Waals surface area contributed by atoms with Gasteiger partial charge in [-0.15, -0.1) is 0 Å². The number of halogens is 1. The van der Waals surface area contributed by atoms with Crippen LogP contribution in [0.15, 0.2) is 18.2 Å². The van der Waals surface area contributed by atoms with Crippen LogP contribution in [0.3, 0.4) is 0 Å². The van der Waals surface area contributed by atoms with E-state index in [1.807, 2.05) is 0 Å². The summed E-state index contributed by atoms with van der Waals surface area (Å²) < 4.78 is 34.7.